The van der Waals surface area contributed by atoms with Crippen LogP contribution >= 0.6 is 46.1 Å². The molecule has 1 aromatic heterocycles. The number of hydrogen-bond acceptors (Lipinski definition) is 6. The lowest BCUT2D eigenvalue weighted by atomic mass is 10.1. The number of anilines is 1. The third kappa shape index (κ3) is 3.33. The van der Waals surface area contributed by atoms with Gasteiger partial charge in [-0.3, -0.25) is 9.80 Å². The summed E-state index contributed by atoms with van der Waals surface area (Å²) in [7, 11) is 1.83. The zero-order valence-electron chi connectivity index (χ0n) is 12.0. The van der Waals surface area contributed by atoms with Crippen molar-refractivity contribution in [1.82, 2.24) is 10.2 Å². The van der Waals surface area contributed by atoms with Crippen molar-refractivity contribution in [3.63, 3.8) is 0 Å². The van der Waals surface area contributed by atoms with Crippen molar-refractivity contribution in [2.45, 2.75) is 17.6 Å². The fourth-order valence-corrected chi connectivity index (χ4v) is 4.87. The van der Waals surface area contributed by atoms with Crippen LogP contribution in [0.4, 0.5) is 5.69 Å². The van der Waals surface area contributed by atoms with E-state index in [9.17, 15) is 4.79 Å². The van der Waals surface area contributed by atoms with Crippen molar-refractivity contribution >= 4 is 56.2 Å². The molecule has 8 heteroatoms. The van der Waals surface area contributed by atoms with E-state index in [-0.39, 0.29) is 5.56 Å². The molecule has 22 heavy (non-hydrogen) atoms. The first-order chi connectivity index (χ1) is 10.5. The van der Waals surface area contributed by atoms with Crippen LogP contribution in [0.25, 0.3) is 0 Å². The maximum atomic E-state index is 11.9. The highest BCUT2D eigenvalue weighted by Crippen LogP contribution is 2.36. The summed E-state index contributed by atoms with van der Waals surface area (Å²) in [5.41, 5.74) is 3.12. The number of nitrogens with one attached hydrogen (secondary N) is 1. The predicted molar refractivity (Wildman–Crippen MR) is 102 cm³/mol. The number of aromatic amines is 1. The molecular formula is C14H13IN4OS2. The number of rotatable bonds is 2. The van der Waals surface area contributed by atoms with Crippen LogP contribution in [0.5, 0.6) is 0 Å². The van der Waals surface area contributed by atoms with Crippen molar-refractivity contribution in [2.75, 3.05) is 12.1 Å². The monoisotopic (exact) mass is 444 g/mol. The largest absolute Gasteiger partial charge is 0.280 e. The molecule has 3 rings (SSSR count). The van der Waals surface area contributed by atoms with Crippen LogP contribution in [0.3, 0.4) is 0 Å². The number of fused-ring (bicyclic) bond motifs is 1. The fourth-order valence-electron chi connectivity index (χ4n) is 2.01. The molecule has 0 atom stereocenters. The highest BCUT2D eigenvalue weighted by atomic mass is 127. The van der Waals surface area contributed by atoms with Gasteiger partial charge in [0.25, 0.3) is 5.56 Å². The molecule has 1 aliphatic heterocycles. The third-order valence-corrected chi connectivity index (χ3v) is 6.13. The second-order valence-corrected chi connectivity index (χ2v) is 8.23. The van der Waals surface area contributed by atoms with E-state index >= 15 is 0 Å². The number of hydrogen-bond donors (Lipinski definition) is 1. The molecule has 0 amide bonds. The summed E-state index contributed by atoms with van der Waals surface area (Å²) in [5.74, 6) is 0.834. The average molecular weight is 444 g/mol. The van der Waals surface area contributed by atoms with E-state index < -0.39 is 0 Å². The molecular weight excluding hydrogens is 431 g/mol. The predicted octanol–water partition coefficient (Wildman–Crippen LogP) is 3.43. The van der Waals surface area contributed by atoms with Crippen LogP contribution in [0.1, 0.15) is 11.1 Å². The van der Waals surface area contributed by atoms with Crippen molar-refractivity contribution in [3.8, 4) is 0 Å². The van der Waals surface area contributed by atoms with Crippen molar-refractivity contribution < 1.29 is 0 Å². The number of benzene rings is 1. The molecule has 0 unspecified atom stereocenters. The Labute approximate surface area is 150 Å². The van der Waals surface area contributed by atoms with E-state index in [4.69, 9.17) is 0 Å². The van der Waals surface area contributed by atoms with Gasteiger partial charge in [0.1, 0.15) is 4.90 Å². The maximum absolute atomic E-state index is 11.9. The highest BCUT2D eigenvalue weighted by molar-refractivity contribution is 14.1. The molecule has 1 aliphatic rings. The Morgan fingerprint density at radius 1 is 1.45 bits per heavy atom. The Bertz CT molecular complexity index is 806. The van der Waals surface area contributed by atoms with E-state index in [2.05, 4.69) is 63.0 Å². The molecule has 0 aliphatic carbocycles. The molecule has 114 valence electrons. The van der Waals surface area contributed by atoms with Gasteiger partial charge in [0, 0.05) is 16.4 Å². The number of hydrazone groups is 1. The van der Waals surface area contributed by atoms with E-state index in [0.717, 1.165) is 15.8 Å². The van der Waals surface area contributed by atoms with Gasteiger partial charge < -0.3 is 0 Å². The van der Waals surface area contributed by atoms with Gasteiger partial charge in [0.15, 0.2) is 4.38 Å². The zero-order chi connectivity index (χ0) is 15.7. The molecule has 0 bridgehead atoms. The Morgan fingerprint density at radius 3 is 3.05 bits per heavy atom. The van der Waals surface area contributed by atoms with Crippen LogP contribution < -0.4 is 10.6 Å². The van der Waals surface area contributed by atoms with E-state index in [1.165, 1.54) is 26.5 Å². The minimum Gasteiger partial charge on any atom is -0.267 e. The number of thioether (sulfide) groups is 2. The van der Waals surface area contributed by atoms with Gasteiger partial charge in [-0.05, 0) is 52.8 Å². The van der Waals surface area contributed by atoms with E-state index in [1.54, 1.807) is 23.0 Å². The van der Waals surface area contributed by atoms with Crippen LogP contribution in [0.15, 0.2) is 39.2 Å². The van der Waals surface area contributed by atoms with Gasteiger partial charge >= 0.3 is 0 Å². The first-order valence-electron chi connectivity index (χ1n) is 6.50. The number of aromatic nitrogens is 2. The fraction of sp³-hybridized carbons (Fsp3) is 0.214. The molecule has 0 fully saturated rings. The minimum atomic E-state index is -0.173. The van der Waals surface area contributed by atoms with Gasteiger partial charge in [0.2, 0.25) is 0 Å². The van der Waals surface area contributed by atoms with Crippen molar-refractivity contribution in [2.24, 2.45) is 5.10 Å². The summed E-state index contributed by atoms with van der Waals surface area (Å²) in [5, 5.41) is 12.5. The number of H-pyrrole nitrogens is 1. The van der Waals surface area contributed by atoms with Crippen molar-refractivity contribution in [1.29, 1.82) is 0 Å². The lowest BCUT2D eigenvalue weighted by molar-refractivity contribution is 0.899. The normalized spacial score (nSPS) is 13.8. The van der Waals surface area contributed by atoms with E-state index in [0.29, 0.717) is 4.90 Å². The summed E-state index contributed by atoms with van der Waals surface area (Å²) in [6.45, 7) is 2.12. The zero-order valence-corrected chi connectivity index (χ0v) is 15.8. The number of aryl methyl sites for hydroxylation is 1. The molecule has 2 aromatic rings. The second-order valence-electron chi connectivity index (χ2n) is 4.76. The Kier molecular flexibility index (Phi) is 4.79. The molecule has 0 radical (unpaired) electrons. The standard InChI is InChI=1S/C14H13IN4OS2/c1-8-5-10(15)4-3-9(8)7-21-14-18-19(2)11-6-16-17-13(20)12(11)22-14/h3-6H,7H2,1-2H3,(H,17,20). The molecule has 0 saturated carbocycles. The summed E-state index contributed by atoms with van der Waals surface area (Å²) in [4.78, 5) is 12.5. The maximum Gasteiger partial charge on any atom is 0.280 e. The van der Waals surface area contributed by atoms with Gasteiger partial charge in [-0.25, -0.2) is 5.10 Å². The van der Waals surface area contributed by atoms with Gasteiger partial charge in [0.05, 0.1) is 11.9 Å². The van der Waals surface area contributed by atoms with Crippen LogP contribution in [0.2, 0.25) is 0 Å². The summed E-state index contributed by atoms with van der Waals surface area (Å²) >= 11 is 5.36. The number of nitrogens with zero attached hydrogens (tertiary/aromatic N) is 3. The summed E-state index contributed by atoms with van der Waals surface area (Å²) < 4.78 is 2.10. The smallest absolute Gasteiger partial charge is 0.267 e. The highest BCUT2D eigenvalue weighted by Gasteiger charge is 2.21. The van der Waals surface area contributed by atoms with Crippen molar-refractivity contribution in [3.05, 3.63) is 49.4 Å². The summed E-state index contributed by atoms with van der Waals surface area (Å²) in [6, 6.07) is 6.42. The topological polar surface area (TPSA) is 61.4 Å². The van der Waals surface area contributed by atoms with Gasteiger partial charge in [-0.15, -0.1) is 0 Å². The molecule has 1 N–H and O–H groups in total. The van der Waals surface area contributed by atoms with E-state index in [1.807, 2.05) is 7.05 Å². The Hall–Kier alpha value is -1.00. The van der Waals surface area contributed by atoms with Crippen LogP contribution in [-0.4, -0.2) is 21.6 Å². The third-order valence-electron chi connectivity index (χ3n) is 3.22. The molecule has 0 spiro atoms. The first kappa shape index (κ1) is 15.9. The minimum absolute atomic E-state index is 0.173. The molecule has 0 saturated heterocycles. The van der Waals surface area contributed by atoms with Gasteiger partial charge in [-0.1, -0.05) is 29.6 Å². The Morgan fingerprint density at radius 2 is 2.27 bits per heavy atom. The molecule has 1 aromatic carbocycles. The average Bonchev–Trinajstić information content (AvgIpc) is 2.47. The van der Waals surface area contributed by atoms with Crippen LogP contribution in [-0.2, 0) is 5.75 Å². The SMILES string of the molecule is Cc1cc(I)ccc1CSC1=NN(C)c2cn[nH]c(=O)c2S1. The summed E-state index contributed by atoms with van der Waals surface area (Å²) in [6.07, 6.45) is 1.62. The molecule has 5 nitrogen and oxygen atoms in total. The van der Waals surface area contributed by atoms with Gasteiger partial charge in [-0.2, -0.15) is 10.2 Å². The number of halogens is 1. The quantitative estimate of drug-likeness (QED) is 0.720. The molecule has 2 heterocycles. The lowest BCUT2D eigenvalue weighted by Gasteiger charge is -2.22. The lowest BCUT2D eigenvalue weighted by Crippen LogP contribution is -2.22. The second kappa shape index (κ2) is 6.63. The Balaban J connectivity index is 1.77. The first-order valence-corrected chi connectivity index (χ1v) is 9.38. The van der Waals surface area contributed by atoms with Crippen LogP contribution in [0, 0.1) is 10.5 Å².